The molecule has 0 aliphatic rings. The third-order valence-corrected chi connectivity index (χ3v) is 2.37. The molecular weight excluding hydrogens is 222 g/mol. The van der Waals surface area contributed by atoms with Gasteiger partial charge in [-0.1, -0.05) is 0 Å². The molecule has 0 aliphatic carbocycles. The van der Waals surface area contributed by atoms with Gasteiger partial charge in [0.15, 0.2) is 0 Å². The fraction of sp³-hybridized carbons (Fsp3) is 0.417. The van der Waals surface area contributed by atoms with Gasteiger partial charge in [-0.3, -0.25) is 4.90 Å². The molecule has 0 fully saturated rings. The van der Waals surface area contributed by atoms with E-state index >= 15 is 0 Å². The number of carboxylic acid groups (broad SMARTS) is 1. The minimum Gasteiger partial charge on any atom is -0.497 e. The van der Waals surface area contributed by atoms with Crippen LogP contribution in [0.3, 0.4) is 0 Å². The van der Waals surface area contributed by atoms with Gasteiger partial charge in [0.2, 0.25) is 0 Å². The Bertz CT molecular complexity index is 403. The van der Waals surface area contributed by atoms with E-state index in [0.29, 0.717) is 17.2 Å². The highest BCUT2D eigenvalue weighted by atomic mass is 16.5. The lowest BCUT2D eigenvalue weighted by atomic mass is 10.2. The number of amides is 1. The molecule has 1 aromatic rings. The Hall–Kier alpha value is -1.91. The Labute approximate surface area is 101 Å². The first-order valence-electron chi connectivity index (χ1n) is 5.25. The third-order valence-electron chi connectivity index (χ3n) is 2.37. The smallest absolute Gasteiger partial charge is 0.412 e. The quantitative estimate of drug-likeness (QED) is 0.877. The highest BCUT2D eigenvalue weighted by Gasteiger charge is 2.21. The molecule has 0 heterocycles. The standard InChI is InChI=1S/C12H17NO4/c1-8(2)13(12(14)15)10-6-5-9(16-3)7-11(10)17-4/h5-8H,1-4H3,(H,14,15). The molecule has 0 saturated carbocycles. The summed E-state index contributed by atoms with van der Waals surface area (Å²) >= 11 is 0. The van der Waals surface area contributed by atoms with Crippen LogP contribution in [0, 0.1) is 0 Å². The number of carbonyl (C=O) groups is 1. The van der Waals surface area contributed by atoms with Crippen molar-refractivity contribution in [3.8, 4) is 11.5 Å². The van der Waals surface area contributed by atoms with E-state index in [4.69, 9.17) is 9.47 Å². The third kappa shape index (κ3) is 2.81. The number of ether oxygens (including phenoxy) is 2. The Kier molecular flexibility index (Phi) is 4.20. The van der Waals surface area contributed by atoms with Crippen LogP contribution in [0.4, 0.5) is 10.5 Å². The molecule has 1 rings (SSSR count). The molecule has 0 spiro atoms. The Balaban J connectivity index is 3.23. The molecule has 5 nitrogen and oxygen atoms in total. The summed E-state index contributed by atoms with van der Waals surface area (Å²) in [5.74, 6) is 1.10. The maximum absolute atomic E-state index is 11.2. The molecule has 1 N–H and O–H groups in total. The number of rotatable bonds is 4. The Morgan fingerprint density at radius 3 is 2.35 bits per heavy atom. The number of methoxy groups -OCH3 is 2. The van der Waals surface area contributed by atoms with E-state index in [1.54, 1.807) is 39.2 Å². The normalized spacial score (nSPS) is 10.2. The van der Waals surface area contributed by atoms with Crippen molar-refractivity contribution in [2.45, 2.75) is 19.9 Å². The highest BCUT2D eigenvalue weighted by molar-refractivity contribution is 5.89. The molecule has 0 bridgehead atoms. The van der Waals surface area contributed by atoms with Crippen molar-refractivity contribution in [2.24, 2.45) is 0 Å². The monoisotopic (exact) mass is 239 g/mol. The average Bonchev–Trinajstić information content (AvgIpc) is 2.28. The fourth-order valence-corrected chi connectivity index (χ4v) is 1.59. The topological polar surface area (TPSA) is 59.0 Å². The summed E-state index contributed by atoms with van der Waals surface area (Å²) < 4.78 is 10.3. The SMILES string of the molecule is COc1ccc(N(C(=O)O)C(C)C)c(OC)c1. The van der Waals surface area contributed by atoms with E-state index in [1.807, 2.05) is 0 Å². The van der Waals surface area contributed by atoms with E-state index in [2.05, 4.69) is 0 Å². The summed E-state index contributed by atoms with van der Waals surface area (Å²) in [5.41, 5.74) is 0.510. The van der Waals surface area contributed by atoms with Crippen molar-refractivity contribution in [3.05, 3.63) is 18.2 Å². The van der Waals surface area contributed by atoms with Gasteiger partial charge in [-0.05, 0) is 26.0 Å². The van der Waals surface area contributed by atoms with E-state index < -0.39 is 6.09 Å². The van der Waals surface area contributed by atoms with E-state index in [0.717, 1.165) is 0 Å². The van der Waals surface area contributed by atoms with E-state index in [9.17, 15) is 9.90 Å². The van der Waals surface area contributed by atoms with Crippen LogP contribution in [0.5, 0.6) is 11.5 Å². The van der Waals surface area contributed by atoms with Crippen molar-refractivity contribution >= 4 is 11.8 Å². The second-order valence-electron chi connectivity index (χ2n) is 3.78. The lowest BCUT2D eigenvalue weighted by Gasteiger charge is -2.25. The first-order valence-corrected chi connectivity index (χ1v) is 5.25. The zero-order valence-electron chi connectivity index (χ0n) is 10.4. The molecule has 1 amide bonds. The van der Waals surface area contributed by atoms with Crippen LogP contribution < -0.4 is 14.4 Å². The van der Waals surface area contributed by atoms with Crippen molar-refractivity contribution in [2.75, 3.05) is 19.1 Å². The average molecular weight is 239 g/mol. The van der Waals surface area contributed by atoms with Gasteiger partial charge in [-0.25, -0.2) is 4.79 Å². The molecule has 5 heteroatoms. The molecule has 0 saturated heterocycles. The van der Waals surface area contributed by atoms with Gasteiger partial charge < -0.3 is 14.6 Å². The highest BCUT2D eigenvalue weighted by Crippen LogP contribution is 2.33. The number of hydrogen-bond donors (Lipinski definition) is 1. The molecule has 0 atom stereocenters. The van der Waals surface area contributed by atoms with Crippen LogP contribution in [0.15, 0.2) is 18.2 Å². The summed E-state index contributed by atoms with van der Waals surface area (Å²) in [6.45, 7) is 3.61. The zero-order valence-corrected chi connectivity index (χ0v) is 10.4. The summed E-state index contributed by atoms with van der Waals surface area (Å²) in [6.07, 6.45) is -1.01. The lowest BCUT2D eigenvalue weighted by Crippen LogP contribution is -2.35. The van der Waals surface area contributed by atoms with Gasteiger partial charge in [0.05, 0.1) is 19.9 Å². The van der Waals surface area contributed by atoms with Crippen molar-refractivity contribution < 1.29 is 19.4 Å². The number of nitrogens with zero attached hydrogens (tertiary/aromatic N) is 1. The van der Waals surface area contributed by atoms with Crippen LogP contribution in [0.2, 0.25) is 0 Å². The van der Waals surface area contributed by atoms with Crippen LogP contribution >= 0.6 is 0 Å². The molecule has 0 radical (unpaired) electrons. The van der Waals surface area contributed by atoms with Gasteiger partial charge in [-0.15, -0.1) is 0 Å². The number of anilines is 1. The molecule has 0 aromatic heterocycles. The van der Waals surface area contributed by atoms with E-state index in [1.165, 1.54) is 12.0 Å². The van der Waals surface area contributed by atoms with Gasteiger partial charge in [0.1, 0.15) is 11.5 Å². The second kappa shape index (κ2) is 5.43. The summed E-state index contributed by atoms with van der Waals surface area (Å²) in [7, 11) is 3.05. The molecule has 0 aliphatic heterocycles. The molecule has 1 aromatic carbocycles. The van der Waals surface area contributed by atoms with Gasteiger partial charge in [-0.2, -0.15) is 0 Å². The van der Waals surface area contributed by atoms with Gasteiger partial charge >= 0.3 is 6.09 Å². The van der Waals surface area contributed by atoms with Crippen LogP contribution in [-0.4, -0.2) is 31.5 Å². The predicted octanol–water partition coefficient (Wildman–Crippen LogP) is 2.60. The number of benzene rings is 1. The minimum absolute atomic E-state index is 0.171. The zero-order chi connectivity index (χ0) is 13.0. The van der Waals surface area contributed by atoms with Crippen LogP contribution in [0.25, 0.3) is 0 Å². The summed E-state index contributed by atoms with van der Waals surface area (Å²) in [6, 6.07) is 4.87. The molecular formula is C12H17NO4. The largest absolute Gasteiger partial charge is 0.497 e. The van der Waals surface area contributed by atoms with Crippen molar-refractivity contribution in [3.63, 3.8) is 0 Å². The van der Waals surface area contributed by atoms with Crippen molar-refractivity contribution in [1.82, 2.24) is 0 Å². The first-order chi connectivity index (χ1) is 8.01. The van der Waals surface area contributed by atoms with Gasteiger partial charge in [0, 0.05) is 12.1 Å². The summed E-state index contributed by atoms with van der Waals surface area (Å²) in [5, 5.41) is 9.18. The Morgan fingerprint density at radius 2 is 1.94 bits per heavy atom. The lowest BCUT2D eigenvalue weighted by molar-refractivity contribution is 0.199. The predicted molar refractivity (Wildman–Crippen MR) is 65.2 cm³/mol. The summed E-state index contributed by atoms with van der Waals surface area (Å²) in [4.78, 5) is 12.5. The minimum atomic E-state index is -1.01. The maximum atomic E-state index is 11.2. The van der Waals surface area contributed by atoms with Gasteiger partial charge in [0.25, 0.3) is 0 Å². The maximum Gasteiger partial charge on any atom is 0.412 e. The van der Waals surface area contributed by atoms with Crippen LogP contribution in [0.1, 0.15) is 13.8 Å². The number of hydrogen-bond acceptors (Lipinski definition) is 3. The first kappa shape index (κ1) is 13.2. The van der Waals surface area contributed by atoms with Crippen molar-refractivity contribution in [1.29, 1.82) is 0 Å². The molecule has 94 valence electrons. The molecule has 17 heavy (non-hydrogen) atoms. The second-order valence-corrected chi connectivity index (χ2v) is 3.78. The Morgan fingerprint density at radius 1 is 1.29 bits per heavy atom. The van der Waals surface area contributed by atoms with Crippen LogP contribution in [-0.2, 0) is 0 Å². The molecule has 0 unspecified atom stereocenters. The van der Waals surface area contributed by atoms with E-state index in [-0.39, 0.29) is 6.04 Å². The fourth-order valence-electron chi connectivity index (χ4n) is 1.59.